The van der Waals surface area contributed by atoms with Crippen LogP contribution in [0.1, 0.15) is 57.6 Å². The molecule has 5 heterocycles. The number of thiazole rings is 1. The maximum Gasteiger partial charge on any atom is 0.434 e. The molecule has 2 aliphatic carbocycles. The molecule has 16 heteroatoms. The number of carbonyl (C=O) groups excluding carboxylic acids is 3. The predicted octanol–water partition coefficient (Wildman–Crippen LogP) is 6.46. The molecule has 0 radical (unpaired) electrons. The van der Waals surface area contributed by atoms with E-state index < -0.39 is 35.5 Å². The number of hydrogen-bond acceptors (Lipinski definition) is 10. The predicted molar refractivity (Wildman–Crippen MR) is 184 cm³/mol. The average molecular weight is 745 g/mol. The fourth-order valence-electron chi connectivity index (χ4n) is 7.05. The molecular weight excluding hydrogens is 706 g/mol. The van der Waals surface area contributed by atoms with Gasteiger partial charge in [-0.05, 0) is 49.5 Å². The Morgan fingerprint density at radius 3 is 2.65 bits per heavy atom. The lowest BCUT2D eigenvalue weighted by Gasteiger charge is -2.40. The standard InChI is InChI=1S/C35H39F3N6O5S2/c1-19-14-22(19)29(45)34-17-20(34)8-6-4-5-7-11-43(2)33(47)44-12-9-21(15-24(44)31(46)42-34)49-27-16-23(28-25(48-3)10-13-50-28)39-30(41-27)32-40-26(18-51-32)35(36,37)38/h6,8,10,13,16,18-22,24H,4-5,7,9,11-12,14-15,17H2,1-3H3,(H,42,46)/b8-6+/t19?,20-,21?,22?,24+,34-/m1/s1. The summed E-state index contributed by atoms with van der Waals surface area (Å²) in [5.74, 6) is 0.312. The van der Waals surface area contributed by atoms with E-state index in [1.807, 2.05) is 6.92 Å². The van der Waals surface area contributed by atoms with Crippen molar-refractivity contribution in [2.45, 2.75) is 75.7 Å². The zero-order valence-corrected chi connectivity index (χ0v) is 30.1. The van der Waals surface area contributed by atoms with Gasteiger partial charge in [-0.25, -0.2) is 14.8 Å². The Morgan fingerprint density at radius 2 is 1.92 bits per heavy atom. The lowest BCUT2D eigenvalue weighted by atomic mass is 9.96. The lowest BCUT2D eigenvalue weighted by molar-refractivity contribution is -0.140. The molecule has 0 bridgehead atoms. The molecule has 51 heavy (non-hydrogen) atoms. The topological polar surface area (TPSA) is 127 Å². The van der Waals surface area contributed by atoms with Crippen LogP contribution in [0.5, 0.6) is 11.6 Å². The number of nitrogens with zero attached hydrogens (tertiary/aromatic N) is 5. The molecule has 1 saturated heterocycles. The molecule has 3 aromatic rings. The van der Waals surface area contributed by atoms with Gasteiger partial charge in [0.2, 0.25) is 11.8 Å². The Morgan fingerprint density at radius 1 is 1.12 bits per heavy atom. The lowest BCUT2D eigenvalue weighted by Crippen LogP contribution is -2.60. The van der Waals surface area contributed by atoms with Gasteiger partial charge in [-0.1, -0.05) is 19.1 Å². The Kier molecular flexibility index (Phi) is 9.58. The van der Waals surface area contributed by atoms with Crippen molar-refractivity contribution in [1.82, 2.24) is 30.1 Å². The number of aromatic nitrogens is 3. The van der Waals surface area contributed by atoms with E-state index in [9.17, 15) is 27.6 Å². The van der Waals surface area contributed by atoms with Crippen molar-refractivity contribution in [3.05, 3.63) is 40.7 Å². The van der Waals surface area contributed by atoms with Crippen molar-refractivity contribution in [1.29, 1.82) is 0 Å². The Hall–Kier alpha value is -4.05. The van der Waals surface area contributed by atoms with Crippen LogP contribution in [0.4, 0.5) is 18.0 Å². The van der Waals surface area contributed by atoms with Gasteiger partial charge in [-0.3, -0.25) is 9.59 Å². The van der Waals surface area contributed by atoms with E-state index in [1.165, 1.54) is 18.4 Å². The molecule has 7 rings (SSSR count). The molecule has 3 aromatic heterocycles. The normalized spacial score (nSPS) is 28.9. The number of carbonyl (C=O) groups is 3. The van der Waals surface area contributed by atoms with E-state index in [-0.39, 0.29) is 59.2 Å². The van der Waals surface area contributed by atoms with Crippen molar-refractivity contribution in [2.75, 3.05) is 27.2 Å². The van der Waals surface area contributed by atoms with Crippen molar-refractivity contribution >= 4 is 40.4 Å². The minimum atomic E-state index is -4.63. The summed E-state index contributed by atoms with van der Waals surface area (Å²) in [6, 6.07) is 2.13. The third-order valence-corrected chi connectivity index (χ3v) is 12.0. The second-order valence-corrected chi connectivity index (χ2v) is 15.6. The van der Waals surface area contributed by atoms with Gasteiger partial charge in [0.05, 0.1) is 17.7 Å². The number of nitrogens with one attached hydrogen (secondary N) is 1. The molecule has 3 fully saturated rings. The minimum absolute atomic E-state index is 0.0357. The second kappa shape index (κ2) is 13.8. The number of hydrogen-bond donors (Lipinski definition) is 1. The maximum atomic E-state index is 14.3. The van der Waals surface area contributed by atoms with Crippen LogP contribution in [0.2, 0.25) is 0 Å². The summed E-state index contributed by atoms with van der Waals surface area (Å²) in [6.45, 7) is 2.79. The summed E-state index contributed by atoms with van der Waals surface area (Å²) in [4.78, 5) is 58.3. The van der Waals surface area contributed by atoms with Crippen molar-refractivity contribution in [3.63, 3.8) is 0 Å². The molecule has 4 aliphatic rings. The van der Waals surface area contributed by atoms with Crippen molar-refractivity contribution in [2.24, 2.45) is 17.8 Å². The Balaban J connectivity index is 1.19. The number of fused-ring (bicyclic) bond motifs is 2. The number of amides is 3. The number of piperidine rings is 1. The Bertz CT molecular complexity index is 1850. The third kappa shape index (κ3) is 7.21. The second-order valence-electron chi connectivity index (χ2n) is 13.8. The summed E-state index contributed by atoms with van der Waals surface area (Å²) in [6.07, 6.45) is 3.26. The van der Waals surface area contributed by atoms with Crippen LogP contribution in [0.3, 0.4) is 0 Å². The molecule has 6 atom stereocenters. The molecule has 2 aliphatic heterocycles. The first-order valence-corrected chi connectivity index (χ1v) is 18.9. The highest BCUT2D eigenvalue weighted by atomic mass is 32.1. The zero-order valence-electron chi connectivity index (χ0n) is 28.4. The van der Waals surface area contributed by atoms with Gasteiger partial charge in [0.25, 0.3) is 0 Å². The fraction of sp³-hybridized carbons (Fsp3) is 0.543. The number of allylic oxidation sites excluding steroid dienone is 1. The first kappa shape index (κ1) is 35.4. The third-order valence-electron chi connectivity index (χ3n) is 10.2. The van der Waals surface area contributed by atoms with Gasteiger partial charge in [0, 0.05) is 56.3 Å². The number of alkyl halides is 3. The van der Waals surface area contributed by atoms with Crippen LogP contribution in [0, 0.1) is 17.8 Å². The summed E-state index contributed by atoms with van der Waals surface area (Å²) >= 11 is 2.10. The SMILES string of the molecule is COc1ccsc1-c1cc(OC2CCN3C(=O)N(C)CCCC/C=C/[C@@H]4C[C@@]4(C(=O)C4CC4C)NC(=O)[C@@H]3C2)nc(-c2nc(C(F)(F)F)cs2)n1. The molecule has 11 nitrogen and oxygen atoms in total. The van der Waals surface area contributed by atoms with Gasteiger partial charge in [-0.15, -0.1) is 22.7 Å². The summed E-state index contributed by atoms with van der Waals surface area (Å²) in [5.41, 5.74) is -1.66. The van der Waals surface area contributed by atoms with Crippen LogP contribution in [-0.4, -0.2) is 87.4 Å². The van der Waals surface area contributed by atoms with E-state index in [0.717, 1.165) is 42.4 Å². The van der Waals surface area contributed by atoms with Crippen LogP contribution in [0.15, 0.2) is 35.0 Å². The molecule has 272 valence electrons. The van der Waals surface area contributed by atoms with E-state index in [2.05, 4.69) is 32.4 Å². The maximum absolute atomic E-state index is 14.3. The smallest absolute Gasteiger partial charge is 0.434 e. The molecular formula is C35H39F3N6O5S2. The van der Waals surface area contributed by atoms with E-state index >= 15 is 0 Å². The van der Waals surface area contributed by atoms with Gasteiger partial charge >= 0.3 is 12.2 Å². The average Bonchev–Trinajstić information content (AvgIpc) is 3.79. The molecule has 0 spiro atoms. The molecule has 1 N–H and O–H groups in total. The van der Waals surface area contributed by atoms with Gasteiger partial charge in [0.15, 0.2) is 22.3 Å². The number of thiophene rings is 1. The monoisotopic (exact) mass is 744 g/mol. The molecule has 0 aromatic carbocycles. The number of ketones is 1. The quantitative estimate of drug-likeness (QED) is 0.274. The van der Waals surface area contributed by atoms with E-state index in [0.29, 0.717) is 35.7 Å². The van der Waals surface area contributed by atoms with Crippen molar-refractivity contribution < 1.29 is 37.0 Å². The van der Waals surface area contributed by atoms with Crippen LogP contribution >= 0.6 is 22.7 Å². The highest BCUT2D eigenvalue weighted by molar-refractivity contribution is 7.14. The van der Waals surface area contributed by atoms with Gasteiger partial charge in [0.1, 0.15) is 23.4 Å². The number of urea groups is 1. The molecule has 3 amide bonds. The highest BCUT2D eigenvalue weighted by Crippen LogP contribution is 2.53. The highest BCUT2D eigenvalue weighted by Gasteiger charge is 2.64. The van der Waals surface area contributed by atoms with Crippen LogP contribution < -0.4 is 14.8 Å². The van der Waals surface area contributed by atoms with Crippen LogP contribution in [-0.2, 0) is 15.8 Å². The summed E-state index contributed by atoms with van der Waals surface area (Å²) < 4.78 is 52.2. The van der Waals surface area contributed by atoms with E-state index in [4.69, 9.17) is 9.47 Å². The summed E-state index contributed by atoms with van der Waals surface area (Å²) in [7, 11) is 3.23. The molecule has 2 saturated carbocycles. The number of halogens is 3. The molecule has 3 unspecified atom stereocenters. The van der Waals surface area contributed by atoms with Gasteiger partial charge < -0.3 is 24.6 Å². The van der Waals surface area contributed by atoms with Crippen molar-refractivity contribution in [3.8, 4) is 33.0 Å². The van der Waals surface area contributed by atoms with Gasteiger partial charge in [-0.2, -0.15) is 18.2 Å². The number of Topliss-reactive ketones (excluding diaryl/α,β-unsaturated/α-hetero) is 1. The largest absolute Gasteiger partial charge is 0.495 e. The minimum Gasteiger partial charge on any atom is -0.495 e. The first-order chi connectivity index (χ1) is 24.4. The van der Waals surface area contributed by atoms with E-state index in [1.54, 1.807) is 34.4 Å². The first-order valence-electron chi connectivity index (χ1n) is 17.1. The fourth-order valence-corrected chi connectivity index (χ4v) is 8.63. The number of methoxy groups -OCH3 is 1. The number of ether oxygens (including phenoxy) is 2. The Labute approximate surface area is 301 Å². The van der Waals surface area contributed by atoms with Crippen LogP contribution in [0.25, 0.3) is 21.4 Å². The number of rotatable bonds is 7. The zero-order chi connectivity index (χ0) is 36.1. The summed E-state index contributed by atoms with van der Waals surface area (Å²) in [5, 5.41) is 5.80.